The van der Waals surface area contributed by atoms with Crippen LogP contribution in [0.15, 0.2) is 24.3 Å². The maximum atomic E-state index is 12.5. The molecule has 100 valence electrons. The van der Waals surface area contributed by atoms with E-state index in [1.165, 1.54) is 24.3 Å². The summed E-state index contributed by atoms with van der Waals surface area (Å²) in [5.41, 5.74) is 6.17. The molecular formula is C10H11F4N3O. The number of urea groups is 1. The topological polar surface area (TPSA) is 67.1 Å². The van der Waals surface area contributed by atoms with E-state index in [0.717, 1.165) is 0 Å². The van der Waals surface area contributed by atoms with Crippen LogP contribution in [0.5, 0.6) is 0 Å². The van der Waals surface area contributed by atoms with Crippen molar-refractivity contribution in [2.75, 3.05) is 17.6 Å². The van der Waals surface area contributed by atoms with E-state index in [0.29, 0.717) is 11.4 Å². The van der Waals surface area contributed by atoms with Gasteiger partial charge in [0.15, 0.2) is 0 Å². The summed E-state index contributed by atoms with van der Waals surface area (Å²) >= 11 is 0. The van der Waals surface area contributed by atoms with Crippen molar-refractivity contribution in [1.82, 2.24) is 5.32 Å². The molecule has 0 aliphatic rings. The molecule has 8 heteroatoms. The number of amides is 2. The van der Waals surface area contributed by atoms with Gasteiger partial charge in [-0.05, 0) is 24.3 Å². The summed E-state index contributed by atoms with van der Waals surface area (Å²) in [6.45, 7) is -1.44. The second-order valence-electron chi connectivity index (χ2n) is 3.49. The first kappa shape index (κ1) is 14.1. The number of benzene rings is 1. The number of nitrogens with two attached hydrogens (primary N) is 1. The van der Waals surface area contributed by atoms with Crippen molar-refractivity contribution in [2.24, 2.45) is 0 Å². The third-order valence-electron chi connectivity index (χ3n) is 1.97. The Morgan fingerprint density at radius 2 is 1.83 bits per heavy atom. The molecule has 0 radical (unpaired) electrons. The summed E-state index contributed by atoms with van der Waals surface area (Å²) < 4.78 is 48.6. The van der Waals surface area contributed by atoms with E-state index in [4.69, 9.17) is 5.73 Å². The van der Waals surface area contributed by atoms with E-state index >= 15 is 0 Å². The second kappa shape index (κ2) is 5.56. The molecule has 0 saturated heterocycles. The van der Waals surface area contributed by atoms with E-state index in [9.17, 15) is 22.4 Å². The molecule has 0 atom stereocenters. The predicted molar refractivity (Wildman–Crippen MR) is 58.8 cm³/mol. The Labute approximate surface area is 100 Å². The lowest BCUT2D eigenvalue weighted by Gasteiger charge is -2.16. The molecule has 0 aromatic heterocycles. The molecule has 4 nitrogen and oxygen atoms in total. The van der Waals surface area contributed by atoms with E-state index in [1.807, 2.05) is 0 Å². The smallest absolute Gasteiger partial charge is 0.324 e. The van der Waals surface area contributed by atoms with Crippen LogP contribution in [-0.2, 0) is 0 Å². The zero-order valence-corrected chi connectivity index (χ0v) is 9.09. The Bertz CT molecular complexity index is 408. The Morgan fingerprint density at radius 3 is 2.33 bits per heavy atom. The summed E-state index contributed by atoms with van der Waals surface area (Å²) in [7, 11) is 0. The number of hydrogen-bond acceptors (Lipinski definition) is 2. The molecule has 18 heavy (non-hydrogen) atoms. The lowest BCUT2D eigenvalue weighted by atomic mass is 10.3. The van der Waals surface area contributed by atoms with Crippen LogP contribution in [0, 0.1) is 0 Å². The maximum Gasteiger partial charge on any atom is 0.324 e. The monoisotopic (exact) mass is 265 g/mol. The molecule has 2 amide bonds. The van der Waals surface area contributed by atoms with Crippen molar-refractivity contribution >= 4 is 17.4 Å². The highest BCUT2D eigenvalue weighted by Crippen LogP contribution is 2.21. The lowest BCUT2D eigenvalue weighted by Crippen LogP contribution is -2.42. The van der Waals surface area contributed by atoms with Gasteiger partial charge in [-0.2, -0.15) is 8.78 Å². The summed E-state index contributed by atoms with van der Waals surface area (Å²) in [5, 5.41) is 3.85. The fraction of sp³-hybridized carbons (Fsp3) is 0.300. The SMILES string of the molecule is Nc1ccc(NC(=O)NCC(F)(F)C(F)F)cc1. The van der Waals surface area contributed by atoms with Crippen LogP contribution in [0.4, 0.5) is 33.7 Å². The number of anilines is 2. The van der Waals surface area contributed by atoms with Gasteiger partial charge in [-0.1, -0.05) is 0 Å². The lowest BCUT2D eigenvalue weighted by molar-refractivity contribution is -0.123. The molecule has 0 bridgehead atoms. The van der Waals surface area contributed by atoms with Crippen LogP contribution in [0.1, 0.15) is 0 Å². The van der Waals surface area contributed by atoms with Crippen LogP contribution >= 0.6 is 0 Å². The van der Waals surface area contributed by atoms with Crippen LogP contribution in [0.25, 0.3) is 0 Å². The minimum absolute atomic E-state index is 0.307. The van der Waals surface area contributed by atoms with Gasteiger partial charge in [0.25, 0.3) is 0 Å². The summed E-state index contributed by atoms with van der Waals surface area (Å²) in [6, 6.07) is 4.87. The number of carbonyl (C=O) groups is 1. The number of rotatable bonds is 4. The van der Waals surface area contributed by atoms with Gasteiger partial charge >= 0.3 is 18.4 Å². The molecule has 1 aromatic carbocycles. The van der Waals surface area contributed by atoms with Crippen LogP contribution < -0.4 is 16.4 Å². The van der Waals surface area contributed by atoms with Crippen LogP contribution in [-0.4, -0.2) is 24.9 Å². The quantitative estimate of drug-likeness (QED) is 0.577. The summed E-state index contributed by atoms with van der Waals surface area (Å²) in [6.07, 6.45) is -3.82. The van der Waals surface area contributed by atoms with Gasteiger partial charge in [-0.15, -0.1) is 0 Å². The Kier molecular flexibility index (Phi) is 4.35. The molecule has 0 unspecified atom stereocenters. The fourth-order valence-corrected chi connectivity index (χ4v) is 1.02. The first-order chi connectivity index (χ1) is 8.31. The Hall–Kier alpha value is -1.99. The Balaban J connectivity index is 2.45. The molecule has 4 N–H and O–H groups in total. The minimum atomic E-state index is -4.25. The molecule has 1 rings (SSSR count). The number of nitrogens with one attached hydrogen (secondary N) is 2. The highest BCUT2D eigenvalue weighted by atomic mass is 19.3. The average molecular weight is 265 g/mol. The minimum Gasteiger partial charge on any atom is -0.399 e. The molecule has 0 spiro atoms. The summed E-state index contributed by atoms with van der Waals surface area (Å²) in [4.78, 5) is 11.1. The number of carbonyl (C=O) groups excluding carboxylic acids is 1. The fourth-order valence-electron chi connectivity index (χ4n) is 1.02. The van der Waals surface area contributed by atoms with Gasteiger partial charge in [0.1, 0.15) is 0 Å². The first-order valence-corrected chi connectivity index (χ1v) is 4.87. The van der Waals surface area contributed by atoms with E-state index < -0.39 is 24.9 Å². The highest BCUT2D eigenvalue weighted by Gasteiger charge is 2.40. The zero-order valence-electron chi connectivity index (χ0n) is 9.09. The van der Waals surface area contributed by atoms with Gasteiger partial charge in [-0.25, -0.2) is 13.6 Å². The molecule has 0 aliphatic heterocycles. The Morgan fingerprint density at radius 1 is 1.28 bits per heavy atom. The third kappa shape index (κ3) is 4.11. The molecule has 0 aliphatic carbocycles. The number of halogens is 4. The predicted octanol–water partition coefficient (Wildman–Crippen LogP) is 2.29. The van der Waals surface area contributed by atoms with E-state index in [2.05, 4.69) is 5.32 Å². The average Bonchev–Trinajstić information content (AvgIpc) is 2.29. The largest absolute Gasteiger partial charge is 0.399 e. The third-order valence-corrected chi connectivity index (χ3v) is 1.97. The van der Waals surface area contributed by atoms with E-state index in [-0.39, 0.29) is 0 Å². The van der Waals surface area contributed by atoms with Crippen molar-refractivity contribution in [3.8, 4) is 0 Å². The van der Waals surface area contributed by atoms with E-state index in [1.54, 1.807) is 5.32 Å². The highest BCUT2D eigenvalue weighted by molar-refractivity contribution is 5.89. The van der Waals surface area contributed by atoms with Crippen molar-refractivity contribution < 1.29 is 22.4 Å². The van der Waals surface area contributed by atoms with Crippen LogP contribution in [0.2, 0.25) is 0 Å². The van der Waals surface area contributed by atoms with Gasteiger partial charge < -0.3 is 16.4 Å². The molecule has 0 heterocycles. The van der Waals surface area contributed by atoms with Crippen molar-refractivity contribution in [3.05, 3.63) is 24.3 Å². The molecule has 1 aromatic rings. The van der Waals surface area contributed by atoms with Crippen LogP contribution in [0.3, 0.4) is 0 Å². The normalized spacial score (nSPS) is 11.4. The zero-order chi connectivity index (χ0) is 13.8. The van der Waals surface area contributed by atoms with Gasteiger partial charge in [-0.3, -0.25) is 0 Å². The number of hydrogen-bond donors (Lipinski definition) is 3. The second-order valence-corrected chi connectivity index (χ2v) is 3.49. The van der Waals surface area contributed by atoms with Crippen molar-refractivity contribution in [1.29, 1.82) is 0 Å². The van der Waals surface area contributed by atoms with Crippen molar-refractivity contribution in [2.45, 2.75) is 12.3 Å². The number of alkyl halides is 4. The summed E-state index contributed by atoms with van der Waals surface area (Å²) in [5.74, 6) is -4.25. The molecule has 0 saturated carbocycles. The first-order valence-electron chi connectivity index (χ1n) is 4.87. The maximum absolute atomic E-state index is 12.5. The molecule has 0 fully saturated rings. The standard InChI is InChI=1S/C10H11F4N3O/c11-8(12)10(13,14)5-16-9(18)17-7-3-1-6(15)2-4-7/h1-4,8H,5,15H2,(H2,16,17,18). The molecular weight excluding hydrogens is 254 g/mol. The van der Waals surface area contributed by atoms with Crippen molar-refractivity contribution in [3.63, 3.8) is 0 Å². The van der Waals surface area contributed by atoms with Gasteiger partial charge in [0.2, 0.25) is 0 Å². The van der Waals surface area contributed by atoms with Gasteiger partial charge in [0, 0.05) is 11.4 Å². The van der Waals surface area contributed by atoms with Gasteiger partial charge in [0.05, 0.1) is 6.54 Å². The number of nitrogen functional groups attached to an aromatic ring is 1.